The van der Waals surface area contributed by atoms with Gasteiger partial charge in [0.1, 0.15) is 0 Å². The van der Waals surface area contributed by atoms with Gasteiger partial charge in [0.2, 0.25) is 0 Å². The lowest BCUT2D eigenvalue weighted by molar-refractivity contribution is 0.584. The van der Waals surface area contributed by atoms with Crippen LogP contribution in [0.3, 0.4) is 0 Å². The highest BCUT2D eigenvalue weighted by molar-refractivity contribution is 7.89. The van der Waals surface area contributed by atoms with Crippen molar-refractivity contribution in [2.75, 3.05) is 0 Å². The van der Waals surface area contributed by atoms with Gasteiger partial charge in [-0.05, 0) is 42.7 Å². The number of nitrogens with one attached hydrogen (secondary N) is 1. The Bertz CT molecular complexity index is 795. The molecule has 0 heterocycles. The average molecular weight is 314 g/mol. The minimum atomic E-state index is -3.64. The highest BCUT2D eigenvalue weighted by Gasteiger charge is 2.15. The van der Waals surface area contributed by atoms with Crippen LogP contribution in [-0.4, -0.2) is 14.6 Å². The molecule has 0 radical (unpaired) electrons. The smallest absolute Gasteiger partial charge is 0.200 e. The van der Waals surface area contributed by atoms with Crippen molar-refractivity contribution in [2.45, 2.75) is 18.7 Å². The molecule has 0 spiro atoms. The number of nitrogens with zero attached hydrogens (tertiary/aromatic N) is 1. The molecule has 0 saturated heterocycles. The van der Waals surface area contributed by atoms with E-state index in [1.54, 1.807) is 25.1 Å². The van der Waals surface area contributed by atoms with E-state index < -0.39 is 10.0 Å². The molecule has 0 amide bonds. The largest absolute Gasteiger partial charge is 0.276 e. The topological polar surface area (TPSA) is 58.5 Å². The van der Waals surface area contributed by atoms with Crippen molar-refractivity contribution in [1.82, 2.24) is 4.83 Å². The first-order chi connectivity index (χ1) is 10.5. The van der Waals surface area contributed by atoms with Crippen LogP contribution in [0.15, 0.2) is 64.6 Å². The van der Waals surface area contributed by atoms with Gasteiger partial charge in [-0.1, -0.05) is 48.5 Å². The van der Waals surface area contributed by atoms with E-state index in [0.29, 0.717) is 5.56 Å². The third kappa shape index (κ3) is 4.30. The Morgan fingerprint density at radius 1 is 1.05 bits per heavy atom. The number of hydrogen-bond acceptors (Lipinski definition) is 3. The average Bonchev–Trinajstić information content (AvgIpc) is 2.50. The zero-order chi connectivity index (χ0) is 16.0. The van der Waals surface area contributed by atoms with Gasteiger partial charge in [0, 0.05) is 6.21 Å². The number of sulfonamides is 1. The molecule has 2 rings (SSSR count). The molecule has 2 aromatic rings. The number of aryl methyl sites for hydroxylation is 2. The summed E-state index contributed by atoms with van der Waals surface area (Å²) in [7, 11) is -3.64. The van der Waals surface area contributed by atoms with E-state index in [1.165, 1.54) is 6.21 Å². The Balaban J connectivity index is 2.05. The van der Waals surface area contributed by atoms with Crippen LogP contribution in [0.4, 0.5) is 0 Å². The van der Waals surface area contributed by atoms with Crippen molar-refractivity contribution >= 4 is 22.3 Å². The lowest BCUT2D eigenvalue weighted by Crippen LogP contribution is -2.19. The predicted octanol–water partition coefficient (Wildman–Crippen LogP) is 3.28. The molecule has 2 aromatic carbocycles. The molecular formula is C17H18N2O2S. The summed E-state index contributed by atoms with van der Waals surface area (Å²) >= 11 is 0. The van der Waals surface area contributed by atoms with Gasteiger partial charge >= 0.3 is 0 Å². The SMILES string of the molecule is Cc1ccc(C)c(S(=O)(=O)N/N=C\C=C\c2ccccc2)c1. The number of rotatable bonds is 5. The molecule has 0 fully saturated rings. The van der Waals surface area contributed by atoms with E-state index in [0.717, 1.165) is 11.1 Å². The lowest BCUT2D eigenvalue weighted by atomic mass is 10.2. The molecule has 4 nitrogen and oxygen atoms in total. The van der Waals surface area contributed by atoms with Crippen molar-refractivity contribution in [3.63, 3.8) is 0 Å². The number of benzene rings is 2. The van der Waals surface area contributed by atoms with Crippen LogP contribution in [0.5, 0.6) is 0 Å². The number of hydrazone groups is 1. The van der Waals surface area contributed by atoms with E-state index in [4.69, 9.17) is 0 Å². The maximum Gasteiger partial charge on any atom is 0.276 e. The molecule has 1 N–H and O–H groups in total. The fourth-order valence-corrected chi connectivity index (χ4v) is 3.04. The van der Waals surface area contributed by atoms with E-state index >= 15 is 0 Å². The molecule has 0 aliphatic heterocycles. The first kappa shape index (κ1) is 16.0. The van der Waals surface area contributed by atoms with Gasteiger partial charge in [-0.25, -0.2) is 4.83 Å². The third-order valence-corrected chi connectivity index (χ3v) is 4.42. The second-order valence-corrected chi connectivity index (χ2v) is 6.54. The molecule has 0 bridgehead atoms. The molecule has 0 aliphatic carbocycles. The fraction of sp³-hybridized carbons (Fsp3) is 0.118. The summed E-state index contributed by atoms with van der Waals surface area (Å²) in [5.41, 5.74) is 2.60. The molecular weight excluding hydrogens is 296 g/mol. The van der Waals surface area contributed by atoms with Crippen LogP contribution in [0.2, 0.25) is 0 Å². The highest BCUT2D eigenvalue weighted by atomic mass is 32.2. The summed E-state index contributed by atoms with van der Waals surface area (Å²) in [5.74, 6) is 0. The van der Waals surface area contributed by atoms with Crippen molar-refractivity contribution in [3.05, 3.63) is 71.3 Å². The van der Waals surface area contributed by atoms with Crippen molar-refractivity contribution in [1.29, 1.82) is 0 Å². The van der Waals surface area contributed by atoms with Crippen LogP contribution < -0.4 is 4.83 Å². The maximum absolute atomic E-state index is 12.2. The van der Waals surface area contributed by atoms with E-state index in [9.17, 15) is 8.42 Å². The molecule has 0 atom stereocenters. The van der Waals surface area contributed by atoms with Gasteiger partial charge in [0.05, 0.1) is 4.90 Å². The quantitative estimate of drug-likeness (QED) is 0.680. The third-order valence-electron chi connectivity index (χ3n) is 3.05. The lowest BCUT2D eigenvalue weighted by Gasteiger charge is -2.07. The van der Waals surface area contributed by atoms with Crippen molar-refractivity contribution in [3.8, 4) is 0 Å². The Kier molecular flexibility index (Phi) is 5.12. The Morgan fingerprint density at radius 2 is 1.77 bits per heavy atom. The zero-order valence-electron chi connectivity index (χ0n) is 12.5. The van der Waals surface area contributed by atoms with Gasteiger partial charge in [-0.2, -0.15) is 13.5 Å². The van der Waals surface area contributed by atoms with Crippen LogP contribution in [0, 0.1) is 13.8 Å². The normalized spacial score (nSPS) is 12.1. The zero-order valence-corrected chi connectivity index (χ0v) is 13.3. The van der Waals surface area contributed by atoms with E-state index in [1.807, 2.05) is 49.4 Å². The monoisotopic (exact) mass is 314 g/mol. The molecule has 5 heteroatoms. The Morgan fingerprint density at radius 3 is 2.50 bits per heavy atom. The van der Waals surface area contributed by atoms with Crippen molar-refractivity contribution in [2.24, 2.45) is 5.10 Å². The Hall–Kier alpha value is -2.40. The molecule has 0 saturated carbocycles. The summed E-state index contributed by atoms with van der Waals surface area (Å²) in [4.78, 5) is 2.47. The van der Waals surface area contributed by atoms with Gasteiger partial charge < -0.3 is 0 Å². The van der Waals surface area contributed by atoms with Crippen LogP contribution in [0.1, 0.15) is 16.7 Å². The van der Waals surface area contributed by atoms with Crippen LogP contribution >= 0.6 is 0 Å². The standard InChI is InChI=1S/C17H18N2O2S/c1-14-10-11-15(2)17(13-14)22(20,21)19-18-12-6-9-16-7-4-3-5-8-16/h3-13,19H,1-2H3/b9-6+,18-12-. The first-order valence-corrected chi connectivity index (χ1v) is 8.31. The second-order valence-electron chi connectivity index (χ2n) is 4.91. The molecule has 22 heavy (non-hydrogen) atoms. The Labute approximate surface area is 131 Å². The van der Waals surface area contributed by atoms with Crippen LogP contribution in [-0.2, 0) is 10.0 Å². The number of hydrogen-bond donors (Lipinski definition) is 1. The molecule has 0 aromatic heterocycles. The van der Waals surface area contributed by atoms with Gasteiger partial charge in [-0.15, -0.1) is 0 Å². The molecule has 0 unspecified atom stereocenters. The second kappa shape index (κ2) is 7.04. The van der Waals surface area contributed by atoms with E-state index in [2.05, 4.69) is 9.93 Å². The summed E-state index contributed by atoms with van der Waals surface area (Å²) in [6.07, 6.45) is 4.94. The first-order valence-electron chi connectivity index (χ1n) is 6.83. The van der Waals surface area contributed by atoms with E-state index in [-0.39, 0.29) is 4.90 Å². The summed E-state index contributed by atoms with van der Waals surface area (Å²) in [5, 5.41) is 3.76. The van der Waals surface area contributed by atoms with Crippen molar-refractivity contribution < 1.29 is 8.42 Å². The van der Waals surface area contributed by atoms with Gasteiger partial charge in [0.25, 0.3) is 10.0 Å². The minimum Gasteiger partial charge on any atom is -0.200 e. The van der Waals surface area contributed by atoms with Gasteiger partial charge in [0.15, 0.2) is 0 Å². The maximum atomic E-state index is 12.2. The summed E-state index contributed by atoms with van der Waals surface area (Å²) in [6.45, 7) is 3.61. The fourth-order valence-electron chi connectivity index (χ4n) is 1.91. The van der Waals surface area contributed by atoms with Gasteiger partial charge in [-0.3, -0.25) is 0 Å². The summed E-state index contributed by atoms with van der Waals surface area (Å²) < 4.78 is 24.4. The molecule has 0 aliphatic rings. The number of allylic oxidation sites excluding steroid dienone is 1. The van der Waals surface area contributed by atoms with Crippen LogP contribution in [0.25, 0.3) is 6.08 Å². The molecule has 114 valence electrons. The minimum absolute atomic E-state index is 0.247. The highest BCUT2D eigenvalue weighted by Crippen LogP contribution is 2.16. The predicted molar refractivity (Wildman–Crippen MR) is 90.2 cm³/mol. The summed E-state index contributed by atoms with van der Waals surface area (Å²) in [6, 6.07) is 15.0.